The Kier molecular flexibility index (Phi) is 4.19. The molecule has 1 saturated heterocycles. The van der Waals surface area contributed by atoms with E-state index in [1.54, 1.807) is 0 Å². The van der Waals surface area contributed by atoms with Crippen LogP contribution in [0.2, 0.25) is 0 Å². The molecule has 20 heavy (non-hydrogen) atoms. The van der Waals surface area contributed by atoms with Crippen LogP contribution in [0, 0.1) is 11.7 Å². The summed E-state index contributed by atoms with van der Waals surface area (Å²) in [5.74, 6) is -0.592. The third-order valence-electron chi connectivity index (χ3n) is 3.51. The number of benzene rings is 1. The second-order valence-electron chi connectivity index (χ2n) is 5.14. The van der Waals surface area contributed by atoms with E-state index in [-0.39, 0.29) is 16.3 Å². The highest BCUT2D eigenvalue weighted by Crippen LogP contribution is 2.31. The number of halogens is 1. The maximum absolute atomic E-state index is 13.8. The Morgan fingerprint density at radius 3 is 2.70 bits per heavy atom. The Bertz CT molecular complexity index is 581. The van der Waals surface area contributed by atoms with E-state index in [4.69, 9.17) is 10.5 Å². The molecule has 0 aliphatic carbocycles. The second-order valence-corrected chi connectivity index (χ2v) is 7.08. The number of nitrogen functional groups attached to an aromatic ring is 1. The standard InChI is InChI=1S/C13H19FN2O3S/c1-9-4-3-5-16(8-9)20(17,18)10-6-11(14)13(19-2)12(15)7-10/h6-7,9H,3-5,8,15H2,1-2H3. The first-order valence-electron chi connectivity index (χ1n) is 6.49. The number of ether oxygens (including phenoxy) is 1. The van der Waals surface area contributed by atoms with Crippen molar-refractivity contribution in [3.8, 4) is 5.75 Å². The van der Waals surface area contributed by atoms with Gasteiger partial charge in [-0.2, -0.15) is 4.31 Å². The van der Waals surface area contributed by atoms with Crippen LogP contribution in [0.1, 0.15) is 19.8 Å². The van der Waals surface area contributed by atoms with Gasteiger partial charge in [-0.25, -0.2) is 12.8 Å². The van der Waals surface area contributed by atoms with Gasteiger partial charge >= 0.3 is 0 Å². The minimum Gasteiger partial charge on any atom is -0.492 e. The van der Waals surface area contributed by atoms with Gasteiger partial charge in [0.2, 0.25) is 10.0 Å². The van der Waals surface area contributed by atoms with Crippen molar-refractivity contribution < 1.29 is 17.5 Å². The van der Waals surface area contributed by atoms with Gasteiger partial charge in [-0.3, -0.25) is 0 Å². The molecular weight excluding hydrogens is 283 g/mol. The van der Waals surface area contributed by atoms with E-state index in [0.717, 1.165) is 18.9 Å². The Morgan fingerprint density at radius 2 is 2.15 bits per heavy atom. The minimum atomic E-state index is -3.71. The van der Waals surface area contributed by atoms with Crippen LogP contribution in [0.4, 0.5) is 10.1 Å². The van der Waals surface area contributed by atoms with Gasteiger partial charge in [0, 0.05) is 13.1 Å². The molecule has 0 bridgehead atoms. The van der Waals surface area contributed by atoms with Crippen molar-refractivity contribution in [3.63, 3.8) is 0 Å². The lowest BCUT2D eigenvalue weighted by Gasteiger charge is -2.30. The molecule has 1 unspecified atom stereocenters. The van der Waals surface area contributed by atoms with Crippen molar-refractivity contribution in [2.75, 3.05) is 25.9 Å². The molecule has 0 spiro atoms. The summed E-state index contributed by atoms with van der Waals surface area (Å²) in [5.41, 5.74) is 5.62. The smallest absolute Gasteiger partial charge is 0.243 e. The second kappa shape index (κ2) is 5.57. The Balaban J connectivity index is 2.39. The summed E-state index contributed by atoms with van der Waals surface area (Å²) in [5, 5.41) is 0. The lowest BCUT2D eigenvalue weighted by Crippen LogP contribution is -2.39. The quantitative estimate of drug-likeness (QED) is 0.865. The zero-order chi connectivity index (χ0) is 14.9. The topological polar surface area (TPSA) is 72.6 Å². The number of nitrogens with zero attached hydrogens (tertiary/aromatic N) is 1. The average molecular weight is 302 g/mol. The summed E-state index contributed by atoms with van der Waals surface area (Å²) >= 11 is 0. The van der Waals surface area contributed by atoms with Crippen LogP contribution in [0.15, 0.2) is 17.0 Å². The third-order valence-corrected chi connectivity index (χ3v) is 5.35. The predicted octanol–water partition coefficient (Wildman–Crippen LogP) is 1.84. The normalized spacial score (nSPS) is 20.9. The van der Waals surface area contributed by atoms with Gasteiger partial charge in [0.05, 0.1) is 17.7 Å². The fraction of sp³-hybridized carbons (Fsp3) is 0.538. The van der Waals surface area contributed by atoms with Crippen LogP contribution in [0.5, 0.6) is 5.75 Å². The van der Waals surface area contributed by atoms with E-state index in [1.807, 2.05) is 6.92 Å². The number of anilines is 1. The maximum atomic E-state index is 13.8. The molecule has 1 aliphatic heterocycles. The molecule has 5 nitrogen and oxygen atoms in total. The molecule has 1 aromatic rings. The number of nitrogens with two attached hydrogens (primary N) is 1. The summed E-state index contributed by atoms with van der Waals surface area (Å²) in [7, 11) is -2.42. The molecule has 1 aliphatic rings. The fourth-order valence-electron chi connectivity index (χ4n) is 2.47. The Morgan fingerprint density at radius 1 is 1.45 bits per heavy atom. The van der Waals surface area contributed by atoms with E-state index >= 15 is 0 Å². The summed E-state index contributed by atoms with van der Waals surface area (Å²) in [6.07, 6.45) is 1.82. The molecule has 112 valence electrons. The first-order chi connectivity index (χ1) is 9.36. The summed E-state index contributed by atoms with van der Waals surface area (Å²) < 4.78 is 45.0. The number of hydrogen-bond acceptors (Lipinski definition) is 4. The number of rotatable bonds is 3. The van der Waals surface area contributed by atoms with Crippen LogP contribution in [-0.2, 0) is 10.0 Å². The van der Waals surface area contributed by atoms with E-state index in [1.165, 1.54) is 17.5 Å². The molecule has 2 rings (SSSR count). The molecule has 0 saturated carbocycles. The molecule has 0 aromatic heterocycles. The lowest BCUT2D eigenvalue weighted by molar-refractivity contribution is 0.281. The Labute approximate surface area is 118 Å². The number of sulfonamides is 1. The molecule has 1 atom stereocenters. The summed E-state index contributed by atoms with van der Waals surface area (Å²) in [6, 6.07) is 2.21. The zero-order valence-corrected chi connectivity index (χ0v) is 12.4. The number of piperidine rings is 1. The molecule has 1 fully saturated rings. The first kappa shape index (κ1) is 15.1. The van der Waals surface area contributed by atoms with Crippen LogP contribution in [0.3, 0.4) is 0 Å². The van der Waals surface area contributed by atoms with Gasteiger partial charge in [-0.05, 0) is 30.9 Å². The van der Waals surface area contributed by atoms with Crippen molar-refractivity contribution >= 4 is 15.7 Å². The van der Waals surface area contributed by atoms with E-state index in [9.17, 15) is 12.8 Å². The molecule has 0 radical (unpaired) electrons. The fourth-order valence-corrected chi connectivity index (χ4v) is 4.11. The number of methoxy groups -OCH3 is 1. The zero-order valence-electron chi connectivity index (χ0n) is 11.6. The highest BCUT2D eigenvalue weighted by Gasteiger charge is 2.30. The van der Waals surface area contributed by atoms with E-state index in [2.05, 4.69) is 0 Å². The highest BCUT2D eigenvalue weighted by atomic mass is 32.2. The molecular formula is C13H19FN2O3S. The van der Waals surface area contributed by atoms with Gasteiger partial charge in [0.1, 0.15) is 0 Å². The van der Waals surface area contributed by atoms with Gasteiger partial charge in [0.15, 0.2) is 11.6 Å². The highest BCUT2D eigenvalue weighted by molar-refractivity contribution is 7.89. The van der Waals surface area contributed by atoms with Crippen molar-refractivity contribution in [1.82, 2.24) is 4.31 Å². The molecule has 7 heteroatoms. The lowest BCUT2D eigenvalue weighted by atomic mass is 10.0. The summed E-state index contributed by atoms with van der Waals surface area (Å²) in [4.78, 5) is -0.123. The molecule has 1 heterocycles. The van der Waals surface area contributed by atoms with Crippen molar-refractivity contribution in [3.05, 3.63) is 17.9 Å². The van der Waals surface area contributed by atoms with Crippen molar-refractivity contribution in [1.29, 1.82) is 0 Å². The van der Waals surface area contributed by atoms with E-state index < -0.39 is 15.8 Å². The monoisotopic (exact) mass is 302 g/mol. The summed E-state index contributed by atoms with van der Waals surface area (Å²) in [6.45, 7) is 2.92. The van der Waals surface area contributed by atoms with Crippen LogP contribution in [0.25, 0.3) is 0 Å². The predicted molar refractivity (Wildman–Crippen MR) is 74.5 cm³/mol. The van der Waals surface area contributed by atoms with Crippen LogP contribution >= 0.6 is 0 Å². The largest absolute Gasteiger partial charge is 0.492 e. The minimum absolute atomic E-state index is 0.0175. The first-order valence-corrected chi connectivity index (χ1v) is 7.93. The van der Waals surface area contributed by atoms with Gasteiger partial charge in [0.25, 0.3) is 0 Å². The van der Waals surface area contributed by atoms with Gasteiger partial charge in [-0.1, -0.05) is 6.92 Å². The Hall–Kier alpha value is -1.34. The molecule has 0 amide bonds. The van der Waals surface area contributed by atoms with E-state index in [0.29, 0.717) is 19.0 Å². The average Bonchev–Trinajstić information content (AvgIpc) is 2.38. The van der Waals surface area contributed by atoms with Crippen LogP contribution in [-0.4, -0.2) is 32.9 Å². The van der Waals surface area contributed by atoms with Gasteiger partial charge in [-0.15, -0.1) is 0 Å². The SMILES string of the molecule is COc1c(N)cc(S(=O)(=O)N2CCCC(C)C2)cc1F. The van der Waals surface area contributed by atoms with Crippen molar-refractivity contribution in [2.45, 2.75) is 24.7 Å². The van der Waals surface area contributed by atoms with Crippen molar-refractivity contribution in [2.24, 2.45) is 5.92 Å². The molecule has 1 aromatic carbocycles. The number of hydrogen-bond donors (Lipinski definition) is 1. The third kappa shape index (κ3) is 2.73. The van der Waals surface area contributed by atoms with Crippen LogP contribution < -0.4 is 10.5 Å². The van der Waals surface area contributed by atoms with Gasteiger partial charge < -0.3 is 10.5 Å². The molecule has 2 N–H and O–H groups in total. The maximum Gasteiger partial charge on any atom is 0.243 e.